The minimum absolute atomic E-state index is 0.932. The van der Waals surface area contributed by atoms with Crippen LogP contribution in [0, 0.1) is 0 Å². The molecular weight excluding hydrogens is 1020 g/mol. The molecule has 0 saturated heterocycles. The van der Waals surface area contributed by atoms with Gasteiger partial charge in [0.25, 0.3) is 0 Å². The molecule has 17 aromatic rings. The quantitative estimate of drug-likeness (QED) is 0.154. The van der Waals surface area contributed by atoms with E-state index in [1.165, 1.54) is 49.0 Å². The highest BCUT2D eigenvalue weighted by Gasteiger charge is 2.14. The summed E-state index contributed by atoms with van der Waals surface area (Å²) in [5.74, 6) is 0. The van der Waals surface area contributed by atoms with Gasteiger partial charge in [0.15, 0.2) is 0 Å². The van der Waals surface area contributed by atoms with E-state index in [0.717, 1.165) is 116 Å². The number of fused-ring (bicyclic) bond motifs is 10. The van der Waals surface area contributed by atoms with Crippen LogP contribution in [-0.2, 0) is 0 Å². The first-order valence-electron chi connectivity index (χ1n) is 28.3. The third kappa shape index (κ3) is 8.87. The molecule has 6 heteroatoms. The zero-order chi connectivity index (χ0) is 55.5. The lowest BCUT2D eigenvalue weighted by Gasteiger charge is -2.12. The summed E-state index contributed by atoms with van der Waals surface area (Å²) in [6.07, 6.45) is 3.66. The van der Waals surface area contributed by atoms with Crippen LogP contribution in [-0.4, -0.2) is 29.9 Å². The Balaban J connectivity index is 0.000000138. The van der Waals surface area contributed by atoms with E-state index < -0.39 is 0 Å². The number of rotatable bonds is 6. The molecule has 0 aliphatic carbocycles. The number of pyridine rings is 6. The van der Waals surface area contributed by atoms with Crippen molar-refractivity contribution in [2.24, 2.45) is 0 Å². The average molecular weight is 1070 g/mol. The molecule has 0 fully saturated rings. The first kappa shape index (κ1) is 48.6. The normalized spacial score (nSPS) is 11.6. The highest BCUT2D eigenvalue weighted by atomic mass is 14.7. The Hall–Kier alpha value is -11.3. The third-order valence-corrected chi connectivity index (χ3v) is 16.4. The van der Waals surface area contributed by atoms with Gasteiger partial charge in [-0.2, -0.15) is 0 Å². The van der Waals surface area contributed by atoms with Gasteiger partial charge in [-0.05, 0) is 140 Å². The zero-order valence-electron chi connectivity index (χ0n) is 45.4. The van der Waals surface area contributed by atoms with Gasteiger partial charge < -0.3 is 0 Å². The Kier molecular flexibility index (Phi) is 11.8. The number of hydrogen-bond acceptors (Lipinski definition) is 6. The van der Waals surface area contributed by atoms with Crippen LogP contribution in [0.4, 0.5) is 0 Å². The van der Waals surface area contributed by atoms with Gasteiger partial charge in [-0.15, -0.1) is 0 Å². The summed E-state index contributed by atoms with van der Waals surface area (Å²) in [7, 11) is 0. The zero-order valence-corrected chi connectivity index (χ0v) is 45.4. The van der Waals surface area contributed by atoms with Crippen molar-refractivity contribution in [3.63, 3.8) is 0 Å². The second-order valence-electron chi connectivity index (χ2n) is 21.4. The first-order chi connectivity index (χ1) is 41.6. The lowest BCUT2D eigenvalue weighted by Crippen LogP contribution is -1.90. The lowest BCUT2D eigenvalue weighted by molar-refractivity contribution is 1.37. The summed E-state index contributed by atoms with van der Waals surface area (Å²) in [4.78, 5) is 29.5. The van der Waals surface area contributed by atoms with Gasteiger partial charge in [0.1, 0.15) is 0 Å². The summed E-state index contributed by atoms with van der Waals surface area (Å²) in [5, 5.41) is 14.2. The number of benzene rings is 11. The SMILES string of the molecule is c1ccc2c(c1)cc(-c1ccc3ccc(-c4ccc5ccc(-c6cccc7ncccc67)nc5c4)nc3c1)c1ccccc12.c1ccc2cc(-c3ccc4ccc(-c5ccc6ccc(-c7cccc8ncccc78)nc6c5)nc4c3)ccc2c1. The predicted molar refractivity (Wildman–Crippen MR) is 350 cm³/mol. The van der Waals surface area contributed by atoms with E-state index in [0.29, 0.717) is 0 Å². The molecule has 84 heavy (non-hydrogen) atoms. The minimum Gasteiger partial charge on any atom is -0.256 e. The van der Waals surface area contributed by atoms with E-state index in [1.807, 2.05) is 48.8 Å². The molecule has 390 valence electrons. The van der Waals surface area contributed by atoms with Crippen molar-refractivity contribution in [1.29, 1.82) is 0 Å². The Bertz CT molecular complexity index is 5470. The van der Waals surface area contributed by atoms with E-state index >= 15 is 0 Å². The average Bonchev–Trinajstić information content (AvgIpc) is 3.76. The van der Waals surface area contributed by atoms with Crippen LogP contribution < -0.4 is 0 Å². The lowest BCUT2D eigenvalue weighted by atomic mass is 9.93. The third-order valence-electron chi connectivity index (χ3n) is 16.4. The van der Waals surface area contributed by atoms with Gasteiger partial charge in [-0.1, -0.05) is 194 Å². The summed E-state index contributed by atoms with van der Waals surface area (Å²) >= 11 is 0. The van der Waals surface area contributed by atoms with Gasteiger partial charge in [0, 0.05) is 67.0 Å². The first-order valence-corrected chi connectivity index (χ1v) is 28.3. The smallest absolute Gasteiger partial charge is 0.0716 e. The second-order valence-corrected chi connectivity index (χ2v) is 21.4. The van der Waals surface area contributed by atoms with Crippen molar-refractivity contribution in [3.05, 3.63) is 291 Å². The monoisotopic (exact) mass is 1070 g/mol. The van der Waals surface area contributed by atoms with Crippen molar-refractivity contribution >= 4 is 97.7 Å². The molecule has 0 atom stereocenters. The molecule has 0 unspecified atom stereocenters. The van der Waals surface area contributed by atoms with Gasteiger partial charge in [-0.3, -0.25) is 9.97 Å². The van der Waals surface area contributed by atoms with Crippen LogP contribution in [0.25, 0.3) is 165 Å². The predicted octanol–water partition coefficient (Wildman–Crippen LogP) is 20.1. The molecule has 0 radical (unpaired) electrons. The molecule has 0 aliphatic rings. The fraction of sp³-hybridized carbons (Fsp3) is 0. The number of hydrogen-bond donors (Lipinski definition) is 0. The molecule has 0 saturated carbocycles. The van der Waals surface area contributed by atoms with Crippen LogP contribution in [0.1, 0.15) is 0 Å². The van der Waals surface area contributed by atoms with Gasteiger partial charge in [-0.25, -0.2) is 19.9 Å². The van der Waals surface area contributed by atoms with Gasteiger partial charge >= 0.3 is 0 Å². The maximum atomic E-state index is 5.17. The Labute approximate surface area is 483 Å². The second kappa shape index (κ2) is 20.3. The maximum absolute atomic E-state index is 5.17. The topological polar surface area (TPSA) is 77.3 Å². The van der Waals surface area contributed by atoms with Crippen LogP contribution in [0.3, 0.4) is 0 Å². The molecule has 0 aliphatic heterocycles. The highest BCUT2D eigenvalue weighted by molar-refractivity contribution is 6.14. The largest absolute Gasteiger partial charge is 0.256 e. The van der Waals surface area contributed by atoms with Gasteiger partial charge in [0.05, 0.1) is 55.9 Å². The van der Waals surface area contributed by atoms with E-state index in [-0.39, 0.29) is 0 Å². The molecule has 6 aromatic heterocycles. The molecule has 11 aromatic carbocycles. The van der Waals surface area contributed by atoms with Crippen molar-refractivity contribution in [3.8, 4) is 67.3 Å². The Morgan fingerprint density at radius 2 is 0.571 bits per heavy atom. The standard InChI is InChI=1S/C41H25N3.C37H23N3/c1-2-8-31-28(7-1)23-36(33-10-4-3-9-32(31)33)29-16-14-26-18-20-37(43-40(26)24-29)30-17-15-27-19-21-39(44-41(27)25-30)35-11-5-13-38-34(35)12-6-22-42-38;1-2-6-27-21-28(13-10-24(27)5-1)29-14-11-25-16-18-33(39-36(25)22-29)30-15-12-26-17-19-35(40-37(26)23-30)32-7-3-9-34-31(32)8-4-20-38-34/h1-25H;1-23H. The highest BCUT2D eigenvalue weighted by Crippen LogP contribution is 2.38. The molecule has 0 spiro atoms. The summed E-state index contributed by atoms with van der Waals surface area (Å²) in [6.45, 7) is 0. The maximum Gasteiger partial charge on any atom is 0.0716 e. The summed E-state index contributed by atoms with van der Waals surface area (Å²) in [5.41, 5.74) is 18.5. The minimum atomic E-state index is 0.932. The Morgan fingerprint density at radius 3 is 1.14 bits per heavy atom. The van der Waals surface area contributed by atoms with Crippen LogP contribution >= 0.6 is 0 Å². The van der Waals surface area contributed by atoms with E-state index in [4.69, 9.17) is 19.9 Å². The Morgan fingerprint density at radius 1 is 0.179 bits per heavy atom. The van der Waals surface area contributed by atoms with Crippen LogP contribution in [0.2, 0.25) is 0 Å². The molecule has 0 N–H and O–H groups in total. The van der Waals surface area contributed by atoms with E-state index in [2.05, 4.69) is 253 Å². The van der Waals surface area contributed by atoms with Crippen molar-refractivity contribution in [1.82, 2.24) is 29.9 Å². The fourth-order valence-corrected chi connectivity index (χ4v) is 12.1. The number of nitrogens with zero attached hydrogens (tertiary/aromatic N) is 6. The van der Waals surface area contributed by atoms with E-state index in [9.17, 15) is 0 Å². The molecule has 0 bridgehead atoms. The summed E-state index contributed by atoms with van der Waals surface area (Å²) in [6, 6.07) is 98.2. The van der Waals surface area contributed by atoms with E-state index in [1.54, 1.807) is 0 Å². The van der Waals surface area contributed by atoms with Crippen LogP contribution in [0.5, 0.6) is 0 Å². The van der Waals surface area contributed by atoms with Crippen molar-refractivity contribution in [2.75, 3.05) is 0 Å². The fourth-order valence-electron chi connectivity index (χ4n) is 12.1. The van der Waals surface area contributed by atoms with Crippen molar-refractivity contribution in [2.45, 2.75) is 0 Å². The van der Waals surface area contributed by atoms with Crippen LogP contribution in [0.15, 0.2) is 291 Å². The number of aromatic nitrogens is 6. The molecule has 0 amide bonds. The molecule has 6 nitrogen and oxygen atoms in total. The molecule has 17 rings (SSSR count). The molecular formula is C78H48N6. The van der Waals surface area contributed by atoms with Crippen molar-refractivity contribution < 1.29 is 0 Å². The summed E-state index contributed by atoms with van der Waals surface area (Å²) < 4.78 is 0. The molecule has 6 heterocycles. The van der Waals surface area contributed by atoms with Gasteiger partial charge in [0.2, 0.25) is 0 Å².